The van der Waals surface area contributed by atoms with E-state index in [1.165, 1.54) is 16.0 Å². The molecule has 0 aliphatic carbocycles. The molecule has 1 saturated heterocycles. The average Bonchev–Trinajstić information content (AvgIpc) is 2.91. The van der Waals surface area contributed by atoms with E-state index >= 15 is 0 Å². The maximum absolute atomic E-state index is 5.16. The summed E-state index contributed by atoms with van der Waals surface area (Å²) in [5.74, 6) is 1.10. The predicted molar refractivity (Wildman–Crippen MR) is 56.4 cm³/mol. The Kier molecular flexibility index (Phi) is 2.61. The first-order valence-corrected chi connectivity index (χ1v) is 5.56. The van der Waals surface area contributed by atoms with Crippen LogP contribution in [0.1, 0.15) is 11.1 Å². The van der Waals surface area contributed by atoms with Gasteiger partial charge in [0.15, 0.2) is 0 Å². The Morgan fingerprint density at radius 2 is 2.15 bits per heavy atom. The molecule has 1 nitrogen and oxygen atoms in total. The Hall–Kier alpha value is -0.470. The topological polar surface area (TPSA) is 12.5 Å². The summed E-state index contributed by atoms with van der Waals surface area (Å²) in [4.78, 5) is 1.36. The maximum atomic E-state index is 5.16. The van der Waals surface area contributed by atoms with Gasteiger partial charge in [-0.05, 0) is 37.1 Å². The van der Waals surface area contributed by atoms with Crippen molar-refractivity contribution in [3.63, 3.8) is 0 Å². The molecule has 1 aliphatic heterocycles. The molecular weight excluding hydrogens is 180 g/mol. The first-order valence-electron chi connectivity index (χ1n) is 4.57. The first-order chi connectivity index (χ1) is 6.25. The Balaban J connectivity index is 1.98. The third-order valence-corrected chi connectivity index (χ3v) is 3.44. The lowest BCUT2D eigenvalue weighted by Gasteiger charge is -2.03. The molecule has 1 aromatic carbocycles. The van der Waals surface area contributed by atoms with Crippen LogP contribution in [-0.4, -0.2) is 18.5 Å². The van der Waals surface area contributed by atoms with Crippen LogP contribution in [0.3, 0.4) is 0 Å². The summed E-state index contributed by atoms with van der Waals surface area (Å²) in [6.45, 7) is 5.26. The number of aryl methyl sites for hydroxylation is 2. The van der Waals surface area contributed by atoms with Crippen molar-refractivity contribution in [3.05, 3.63) is 29.3 Å². The molecule has 1 fully saturated rings. The third-order valence-electron chi connectivity index (χ3n) is 2.32. The molecule has 13 heavy (non-hydrogen) atoms. The summed E-state index contributed by atoms with van der Waals surface area (Å²) in [6.07, 6.45) is 0.520. The molecule has 0 spiro atoms. The molecule has 0 amide bonds. The first kappa shape index (κ1) is 9.10. The number of hydrogen-bond donors (Lipinski definition) is 0. The second kappa shape index (κ2) is 3.72. The molecule has 0 aromatic heterocycles. The molecule has 70 valence electrons. The van der Waals surface area contributed by atoms with Crippen molar-refractivity contribution in [2.75, 3.05) is 12.4 Å². The molecule has 1 atom stereocenters. The highest BCUT2D eigenvalue weighted by atomic mass is 32.2. The maximum Gasteiger partial charge on any atom is 0.0903 e. The van der Waals surface area contributed by atoms with Crippen molar-refractivity contribution in [1.82, 2.24) is 0 Å². The van der Waals surface area contributed by atoms with Gasteiger partial charge in [0.05, 0.1) is 12.7 Å². The van der Waals surface area contributed by atoms with Gasteiger partial charge in [-0.1, -0.05) is 6.07 Å². The van der Waals surface area contributed by atoms with Gasteiger partial charge in [0.1, 0.15) is 0 Å². The molecule has 0 saturated carbocycles. The van der Waals surface area contributed by atoms with E-state index in [9.17, 15) is 0 Å². The van der Waals surface area contributed by atoms with Crippen molar-refractivity contribution < 1.29 is 4.74 Å². The molecule has 2 heteroatoms. The molecule has 1 aromatic rings. The van der Waals surface area contributed by atoms with Gasteiger partial charge in [0.2, 0.25) is 0 Å². The molecule has 1 heterocycles. The van der Waals surface area contributed by atoms with Crippen molar-refractivity contribution in [2.24, 2.45) is 0 Å². The lowest BCUT2D eigenvalue weighted by atomic mass is 10.1. The highest BCUT2D eigenvalue weighted by molar-refractivity contribution is 7.99. The Bertz CT molecular complexity index is 305. The minimum absolute atomic E-state index is 0.520. The summed E-state index contributed by atoms with van der Waals surface area (Å²) in [5, 5.41) is 0. The number of rotatable bonds is 3. The molecule has 1 aliphatic rings. The molecule has 0 N–H and O–H groups in total. The summed E-state index contributed by atoms with van der Waals surface area (Å²) in [6, 6.07) is 6.63. The highest BCUT2D eigenvalue weighted by Crippen LogP contribution is 2.25. The van der Waals surface area contributed by atoms with Gasteiger partial charge in [-0.25, -0.2) is 0 Å². The SMILES string of the molecule is Cc1ccc(SC[C@H]2CO2)cc1C. The van der Waals surface area contributed by atoms with Crippen LogP contribution in [0, 0.1) is 13.8 Å². The lowest BCUT2D eigenvalue weighted by Crippen LogP contribution is -1.89. The van der Waals surface area contributed by atoms with Gasteiger partial charge in [-0.15, -0.1) is 11.8 Å². The van der Waals surface area contributed by atoms with Crippen LogP contribution in [0.25, 0.3) is 0 Å². The minimum Gasteiger partial charge on any atom is -0.372 e. The van der Waals surface area contributed by atoms with Crippen LogP contribution in [0.5, 0.6) is 0 Å². The van der Waals surface area contributed by atoms with Crippen LogP contribution >= 0.6 is 11.8 Å². The third kappa shape index (κ3) is 2.48. The number of hydrogen-bond acceptors (Lipinski definition) is 2. The summed E-state index contributed by atoms with van der Waals surface area (Å²) in [5.41, 5.74) is 2.74. The van der Waals surface area contributed by atoms with Crippen LogP contribution < -0.4 is 0 Å². The van der Waals surface area contributed by atoms with E-state index in [1.54, 1.807) is 0 Å². The van der Waals surface area contributed by atoms with Gasteiger partial charge in [-0.3, -0.25) is 0 Å². The standard InChI is InChI=1S/C11H14OS/c1-8-3-4-11(5-9(8)2)13-7-10-6-12-10/h3-5,10H,6-7H2,1-2H3/t10-/m1/s1. The summed E-state index contributed by atoms with van der Waals surface area (Å²) in [7, 11) is 0. The van der Waals surface area contributed by atoms with E-state index in [0.29, 0.717) is 6.10 Å². The number of benzene rings is 1. The number of epoxide rings is 1. The molecule has 0 radical (unpaired) electrons. The Morgan fingerprint density at radius 3 is 2.77 bits per heavy atom. The zero-order valence-electron chi connectivity index (χ0n) is 8.04. The van der Waals surface area contributed by atoms with Crippen molar-refractivity contribution in [1.29, 1.82) is 0 Å². The van der Waals surface area contributed by atoms with Gasteiger partial charge >= 0.3 is 0 Å². The molecular formula is C11H14OS. The molecule has 0 bridgehead atoms. The van der Waals surface area contributed by atoms with E-state index in [-0.39, 0.29) is 0 Å². The Morgan fingerprint density at radius 1 is 1.38 bits per heavy atom. The smallest absolute Gasteiger partial charge is 0.0903 e. The number of thioether (sulfide) groups is 1. The summed E-state index contributed by atoms with van der Waals surface area (Å²) < 4.78 is 5.16. The minimum atomic E-state index is 0.520. The number of ether oxygens (including phenoxy) is 1. The second-order valence-corrected chi connectivity index (χ2v) is 4.61. The molecule has 2 rings (SSSR count). The fourth-order valence-corrected chi connectivity index (χ4v) is 2.15. The predicted octanol–water partition coefficient (Wildman–Crippen LogP) is 2.79. The van der Waals surface area contributed by atoms with E-state index in [4.69, 9.17) is 4.74 Å². The monoisotopic (exact) mass is 194 g/mol. The zero-order valence-corrected chi connectivity index (χ0v) is 8.86. The lowest BCUT2D eigenvalue weighted by molar-refractivity contribution is 0.426. The van der Waals surface area contributed by atoms with Crippen molar-refractivity contribution in [3.8, 4) is 0 Å². The van der Waals surface area contributed by atoms with Crippen molar-refractivity contribution in [2.45, 2.75) is 24.8 Å². The van der Waals surface area contributed by atoms with E-state index in [0.717, 1.165) is 12.4 Å². The van der Waals surface area contributed by atoms with Crippen molar-refractivity contribution >= 4 is 11.8 Å². The quantitative estimate of drug-likeness (QED) is 0.542. The van der Waals surface area contributed by atoms with Crippen LogP contribution in [-0.2, 0) is 4.74 Å². The van der Waals surface area contributed by atoms with E-state index in [1.807, 2.05) is 11.8 Å². The van der Waals surface area contributed by atoms with Gasteiger partial charge in [0.25, 0.3) is 0 Å². The van der Waals surface area contributed by atoms with E-state index in [2.05, 4.69) is 32.0 Å². The van der Waals surface area contributed by atoms with Gasteiger partial charge in [-0.2, -0.15) is 0 Å². The fourth-order valence-electron chi connectivity index (χ4n) is 1.16. The van der Waals surface area contributed by atoms with Crippen LogP contribution in [0.2, 0.25) is 0 Å². The average molecular weight is 194 g/mol. The van der Waals surface area contributed by atoms with Gasteiger partial charge in [0, 0.05) is 10.6 Å². The largest absolute Gasteiger partial charge is 0.372 e. The van der Waals surface area contributed by atoms with Crippen LogP contribution in [0.4, 0.5) is 0 Å². The Labute approximate surface area is 83.5 Å². The molecule has 0 unspecified atom stereocenters. The normalized spacial score (nSPS) is 20.3. The second-order valence-electron chi connectivity index (χ2n) is 3.51. The highest BCUT2D eigenvalue weighted by Gasteiger charge is 2.22. The van der Waals surface area contributed by atoms with Crippen LogP contribution in [0.15, 0.2) is 23.1 Å². The van der Waals surface area contributed by atoms with E-state index < -0.39 is 0 Å². The zero-order chi connectivity index (χ0) is 9.26. The van der Waals surface area contributed by atoms with Gasteiger partial charge < -0.3 is 4.74 Å². The summed E-state index contributed by atoms with van der Waals surface area (Å²) >= 11 is 1.89. The fraction of sp³-hybridized carbons (Fsp3) is 0.455.